The molecule has 1 aliphatic rings. The molecule has 0 saturated carbocycles. The lowest BCUT2D eigenvalue weighted by molar-refractivity contribution is 0.944. The van der Waals surface area contributed by atoms with E-state index in [4.69, 9.17) is 5.73 Å². The van der Waals surface area contributed by atoms with Crippen LogP contribution in [0.4, 0.5) is 11.5 Å². The standard InChI is InChI=1S/C21H15N5OS/c1-12-6-8-13(9-7-12)20-25-26-18(22)16(19(27)24-21(26)28-20)10-14-11-23-17-5-3-2-4-15(14)17/h2-11H,22H2,1H3/b14-10-. The van der Waals surface area contributed by atoms with Crippen LogP contribution in [-0.2, 0) is 0 Å². The first-order valence-electron chi connectivity index (χ1n) is 8.72. The average Bonchev–Trinajstić information content (AvgIpc) is 3.30. The highest BCUT2D eigenvalue weighted by Crippen LogP contribution is 2.33. The summed E-state index contributed by atoms with van der Waals surface area (Å²) in [5.41, 5.74) is 11.1. The average molecular weight is 385 g/mol. The quantitative estimate of drug-likeness (QED) is 0.566. The molecule has 4 aromatic rings. The van der Waals surface area contributed by atoms with Crippen LogP contribution in [0.3, 0.4) is 0 Å². The maximum Gasteiger partial charge on any atom is 0.283 e. The summed E-state index contributed by atoms with van der Waals surface area (Å²) < 4.78 is 1.53. The fraction of sp³-hybridized carbons (Fsp3) is 0.0476. The topological polar surface area (TPSA) is 85.6 Å². The predicted octanol–water partition coefficient (Wildman–Crippen LogP) is 3.97. The van der Waals surface area contributed by atoms with E-state index in [-0.39, 0.29) is 11.4 Å². The lowest BCUT2D eigenvalue weighted by Gasteiger charge is -2.03. The van der Waals surface area contributed by atoms with E-state index in [9.17, 15) is 4.79 Å². The molecular formula is C21H15N5OS. The Morgan fingerprint density at radius 1 is 1.11 bits per heavy atom. The van der Waals surface area contributed by atoms with Gasteiger partial charge < -0.3 is 5.73 Å². The zero-order valence-corrected chi connectivity index (χ0v) is 15.8. The molecule has 2 N–H and O–H groups in total. The lowest BCUT2D eigenvalue weighted by atomic mass is 10.1. The van der Waals surface area contributed by atoms with Gasteiger partial charge in [-0.1, -0.05) is 59.4 Å². The van der Waals surface area contributed by atoms with Crippen molar-refractivity contribution < 1.29 is 0 Å². The molecule has 0 saturated heterocycles. The number of nitrogen functional groups attached to an aromatic ring is 1. The minimum Gasteiger partial charge on any atom is -0.383 e. The molecule has 5 rings (SSSR count). The summed E-state index contributed by atoms with van der Waals surface area (Å²) in [5, 5.41) is 5.34. The summed E-state index contributed by atoms with van der Waals surface area (Å²) in [6.45, 7) is 2.03. The van der Waals surface area contributed by atoms with E-state index >= 15 is 0 Å². The van der Waals surface area contributed by atoms with Gasteiger partial charge in [-0.05, 0) is 19.1 Å². The summed E-state index contributed by atoms with van der Waals surface area (Å²) >= 11 is 1.34. The number of anilines is 1. The molecule has 0 spiro atoms. The smallest absolute Gasteiger partial charge is 0.283 e. The van der Waals surface area contributed by atoms with Crippen LogP contribution in [0.1, 0.15) is 16.7 Å². The molecule has 0 radical (unpaired) electrons. The highest BCUT2D eigenvalue weighted by molar-refractivity contribution is 7.19. The third kappa shape index (κ3) is 2.64. The fourth-order valence-electron chi connectivity index (χ4n) is 3.14. The predicted molar refractivity (Wildman–Crippen MR) is 114 cm³/mol. The van der Waals surface area contributed by atoms with Crippen LogP contribution in [0.15, 0.2) is 58.3 Å². The van der Waals surface area contributed by atoms with Gasteiger partial charge in [0, 0.05) is 22.9 Å². The van der Waals surface area contributed by atoms with Gasteiger partial charge in [0.15, 0.2) is 0 Å². The van der Waals surface area contributed by atoms with Crippen molar-refractivity contribution in [3.05, 3.63) is 75.6 Å². The normalized spacial score (nSPS) is 14.1. The second-order valence-electron chi connectivity index (χ2n) is 6.56. The van der Waals surface area contributed by atoms with Gasteiger partial charge in [0.2, 0.25) is 4.96 Å². The molecule has 136 valence electrons. The first-order chi connectivity index (χ1) is 13.6. The molecule has 2 aromatic heterocycles. The Morgan fingerprint density at radius 3 is 2.71 bits per heavy atom. The van der Waals surface area contributed by atoms with Crippen LogP contribution in [-0.4, -0.2) is 20.8 Å². The number of para-hydroxylation sites is 1. The fourth-order valence-corrected chi connectivity index (χ4v) is 4.04. The number of rotatable bonds is 2. The van der Waals surface area contributed by atoms with E-state index in [0.717, 1.165) is 27.4 Å². The molecule has 3 heterocycles. The van der Waals surface area contributed by atoms with Crippen molar-refractivity contribution in [3.8, 4) is 10.6 Å². The van der Waals surface area contributed by atoms with Crippen molar-refractivity contribution >= 4 is 45.7 Å². The number of benzene rings is 2. The molecule has 0 fully saturated rings. The van der Waals surface area contributed by atoms with Gasteiger partial charge in [0.1, 0.15) is 10.8 Å². The molecule has 0 unspecified atom stereocenters. The number of aromatic nitrogens is 3. The van der Waals surface area contributed by atoms with Crippen LogP contribution < -0.4 is 11.3 Å². The van der Waals surface area contributed by atoms with Crippen molar-refractivity contribution in [3.63, 3.8) is 0 Å². The van der Waals surface area contributed by atoms with Crippen LogP contribution in [0, 0.1) is 6.92 Å². The zero-order chi connectivity index (χ0) is 19.3. The van der Waals surface area contributed by atoms with E-state index in [0.29, 0.717) is 10.5 Å². The maximum atomic E-state index is 12.6. The summed E-state index contributed by atoms with van der Waals surface area (Å²) in [4.78, 5) is 21.7. The lowest BCUT2D eigenvalue weighted by Crippen LogP contribution is -2.16. The molecule has 28 heavy (non-hydrogen) atoms. The van der Waals surface area contributed by atoms with Gasteiger partial charge in [-0.2, -0.15) is 14.6 Å². The van der Waals surface area contributed by atoms with E-state index < -0.39 is 0 Å². The second-order valence-corrected chi connectivity index (χ2v) is 7.51. The second kappa shape index (κ2) is 6.24. The number of allylic oxidation sites excluding steroid dienone is 1. The minimum absolute atomic E-state index is 0.273. The number of nitrogens with zero attached hydrogens (tertiary/aromatic N) is 4. The van der Waals surface area contributed by atoms with E-state index in [1.165, 1.54) is 21.4 Å². The van der Waals surface area contributed by atoms with Gasteiger partial charge in [-0.3, -0.25) is 9.79 Å². The highest BCUT2D eigenvalue weighted by atomic mass is 32.1. The van der Waals surface area contributed by atoms with Gasteiger partial charge in [0.05, 0.1) is 11.3 Å². The van der Waals surface area contributed by atoms with Gasteiger partial charge in [-0.15, -0.1) is 0 Å². The van der Waals surface area contributed by atoms with Crippen molar-refractivity contribution in [2.75, 3.05) is 5.73 Å². The number of hydrogen-bond acceptors (Lipinski definition) is 6. The molecule has 1 aliphatic heterocycles. The van der Waals surface area contributed by atoms with E-state index in [1.54, 1.807) is 12.3 Å². The van der Waals surface area contributed by atoms with Crippen LogP contribution in [0.5, 0.6) is 0 Å². The van der Waals surface area contributed by atoms with Crippen molar-refractivity contribution in [1.82, 2.24) is 14.6 Å². The zero-order valence-electron chi connectivity index (χ0n) is 15.0. The molecule has 0 amide bonds. The van der Waals surface area contributed by atoms with Gasteiger partial charge in [-0.25, -0.2) is 0 Å². The van der Waals surface area contributed by atoms with Crippen molar-refractivity contribution in [1.29, 1.82) is 0 Å². The Morgan fingerprint density at radius 2 is 1.89 bits per heavy atom. The molecule has 0 atom stereocenters. The van der Waals surface area contributed by atoms with E-state index in [1.807, 2.05) is 55.5 Å². The highest BCUT2D eigenvalue weighted by Gasteiger charge is 2.17. The molecule has 0 bridgehead atoms. The number of hydrogen-bond donors (Lipinski definition) is 1. The van der Waals surface area contributed by atoms with Gasteiger partial charge >= 0.3 is 0 Å². The maximum absolute atomic E-state index is 12.6. The molecule has 6 nitrogen and oxygen atoms in total. The summed E-state index contributed by atoms with van der Waals surface area (Å²) in [6.07, 6.45) is 3.47. The molecule has 0 aliphatic carbocycles. The Balaban J connectivity index is 1.65. The number of aryl methyl sites for hydroxylation is 1. The Kier molecular flexibility index (Phi) is 3.70. The molecular weight excluding hydrogens is 370 g/mol. The van der Waals surface area contributed by atoms with Crippen molar-refractivity contribution in [2.24, 2.45) is 4.99 Å². The Bertz CT molecular complexity index is 1350. The number of nitrogens with two attached hydrogens (primary N) is 1. The molecule has 2 aromatic carbocycles. The third-order valence-corrected chi connectivity index (χ3v) is 5.61. The largest absolute Gasteiger partial charge is 0.383 e. The number of aliphatic imine (C=N–C) groups is 1. The SMILES string of the molecule is Cc1ccc(-c2nn3c(N)c(/C=C4/C=Nc5ccccc54)c(=O)nc3s2)cc1. The van der Waals surface area contributed by atoms with Gasteiger partial charge in [0.25, 0.3) is 5.56 Å². The monoisotopic (exact) mass is 385 g/mol. The first-order valence-corrected chi connectivity index (χ1v) is 9.53. The minimum atomic E-state index is -0.373. The summed E-state index contributed by atoms with van der Waals surface area (Å²) in [5.74, 6) is 0.273. The Hall–Kier alpha value is -3.58. The van der Waals surface area contributed by atoms with Crippen molar-refractivity contribution in [2.45, 2.75) is 6.92 Å². The first kappa shape index (κ1) is 16.6. The van der Waals surface area contributed by atoms with Crippen LogP contribution in [0.25, 0.3) is 27.2 Å². The third-order valence-electron chi connectivity index (χ3n) is 4.65. The number of fused-ring (bicyclic) bond motifs is 2. The van der Waals surface area contributed by atoms with E-state index in [2.05, 4.69) is 15.1 Å². The molecule has 7 heteroatoms. The summed E-state index contributed by atoms with van der Waals surface area (Å²) in [6, 6.07) is 15.8. The van der Waals surface area contributed by atoms with Crippen LogP contribution >= 0.6 is 11.3 Å². The Labute approximate surface area is 164 Å². The van der Waals surface area contributed by atoms with Crippen LogP contribution in [0.2, 0.25) is 0 Å². The summed E-state index contributed by atoms with van der Waals surface area (Å²) in [7, 11) is 0.